The number of nitrogens with one attached hydrogen (secondary N) is 1. The Balaban J connectivity index is 1.48. The van der Waals surface area contributed by atoms with E-state index in [-0.39, 0.29) is 11.8 Å². The average Bonchev–Trinajstić information content (AvgIpc) is 3.42. The van der Waals surface area contributed by atoms with E-state index in [0.717, 1.165) is 23.4 Å². The molecule has 1 saturated heterocycles. The molecule has 0 spiro atoms. The zero-order valence-corrected chi connectivity index (χ0v) is 17.2. The van der Waals surface area contributed by atoms with E-state index in [4.69, 9.17) is 0 Å². The number of sulfonamides is 1. The molecule has 1 fully saturated rings. The fraction of sp³-hybridized carbons (Fsp3) is 0.444. The van der Waals surface area contributed by atoms with Crippen molar-refractivity contribution in [2.45, 2.75) is 25.8 Å². The van der Waals surface area contributed by atoms with Crippen LogP contribution in [0.1, 0.15) is 25.8 Å². The van der Waals surface area contributed by atoms with Crippen molar-refractivity contribution in [1.82, 2.24) is 33.8 Å². The van der Waals surface area contributed by atoms with Gasteiger partial charge in [-0.15, -0.1) is 0 Å². The second kappa shape index (κ2) is 7.91. The van der Waals surface area contributed by atoms with Gasteiger partial charge in [0.15, 0.2) is 0 Å². The standard InChI is InChI=1S/C18H24N8O2S/c1-3-8-29(27,28)25-7-5-16(13-25)26-11-14(9-21-26)17-4-6-19-18(23-17)22-15-10-20-24(2)12-15/h4,6,9-12,16H,3,5,7-8,13H2,1-2H3,(H,19,22,23). The van der Waals surface area contributed by atoms with Gasteiger partial charge in [0.2, 0.25) is 16.0 Å². The van der Waals surface area contributed by atoms with Crippen LogP contribution in [-0.4, -0.2) is 61.1 Å². The van der Waals surface area contributed by atoms with Gasteiger partial charge < -0.3 is 5.32 Å². The van der Waals surface area contributed by atoms with Crippen LogP contribution in [0.5, 0.6) is 0 Å². The molecule has 1 aliphatic heterocycles. The van der Waals surface area contributed by atoms with E-state index in [0.29, 0.717) is 25.5 Å². The molecule has 0 bridgehead atoms. The highest BCUT2D eigenvalue weighted by atomic mass is 32.2. The van der Waals surface area contributed by atoms with Gasteiger partial charge in [-0.05, 0) is 18.9 Å². The third kappa shape index (κ3) is 4.30. The lowest BCUT2D eigenvalue weighted by Gasteiger charge is -2.16. The molecule has 3 aromatic heterocycles. The number of rotatable bonds is 7. The molecular formula is C18H24N8O2S. The number of aryl methyl sites for hydroxylation is 1. The summed E-state index contributed by atoms with van der Waals surface area (Å²) in [5.74, 6) is 0.665. The predicted octanol–water partition coefficient (Wildman–Crippen LogP) is 1.80. The summed E-state index contributed by atoms with van der Waals surface area (Å²) in [6.45, 7) is 2.87. The fourth-order valence-corrected chi connectivity index (χ4v) is 4.99. The highest BCUT2D eigenvalue weighted by molar-refractivity contribution is 7.89. The van der Waals surface area contributed by atoms with Crippen LogP contribution in [0, 0.1) is 0 Å². The van der Waals surface area contributed by atoms with Crippen LogP contribution in [-0.2, 0) is 17.1 Å². The van der Waals surface area contributed by atoms with Crippen molar-refractivity contribution >= 4 is 21.7 Å². The first-order valence-corrected chi connectivity index (χ1v) is 11.2. The normalized spacial score (nSPS) is 17.7. The monoisotopic (exact) mass is 416 g/mol. The summed E-state index contributed by atoms with van der Waals surface area (Å²) in [7, 11) is -1.33. The third-order valence-electron chi connectivity index (χ3n) is 4.87. The number of aromatic nitrogens is 6. The molecule has 4 heterocycles. The lowest BCUT2D eigenvalue weighted by molar-refractivity contribution is 0.434. The Morgan fingerprint density at radius 2 is 2.10 bits per heavy atom. The minimum absolute atomic E-state index is 0.0326. The maximum atomic E-state index is 12.3. The Labute approximate surface area is 169 Å². The van der Waals surface area contributed by atoms with E-state index in [2.05, 4.69) is 25.5 Å². The van der Waals surface area contributed by atoms with Gasteiger partial charge in [0, 0.05) is 44.3 Å². The lowest BCUT2D eigenvalue weighted by atomic mass is 10.2. The summed E-state index contributed by atoms with van der Waals surface area (Å²) in [5, 5.41) is 11.7. The van der Waals surface area contributed by atoms with Crippen molar-refractivity contribution in [1.29, 1.82) is 0 Å². The van der Waals surface area contributed by atoms with Gasteiger partial charge in [-0.2, -0.15) is 14.5 Å². The summed E-state index contributed by atoms with van der Waals surface area (Å²) in [5.41, 5.74) is 2.40. The van der Waals surface area contributed by atoms with E-state index < -0.39 is 10.0 Å². The van der Waals surface area contributed by atoms with Gasteiger partial charge in [0.25, 0.3) is 0 Å². The minimum atomic E-state index is -3.17. The summed E-state index contributed by atoms with van der Waals surface area (Å²) < 4.78 is 29.7. The summed E-state index contributed by atoms with van der Waals surface area (Å²) in [4.78, 5) is 8.80. The summed E-state index contributed by atoms with van der Waals surface area (Å²) in [6, 6.07) is 1.85. The van der Waals surface area contributed by atoms with E-state index in [1.807, 2.05) is 37.1 Å². The Bertz CT molecular complexity index is 1090. The van der Waals surface area contributed by atoms with Gasteiger partial charge in [-0.1, -0.05) is 6.92 Å². The second-order valence-corrected chi connectivity index (χ2v) is 9.21. The number of anilines is 2. The molecule has 0 aliphatic carbocycles. The quantitative estimate of drug-likeness (QED) is 0.625. The van der Waals surface area contributed by atoms with E-state index >= 15 is 0 Å². The van der Waals surface area contributed by atoms with Crippen molar-refractivity contribution < 1.29 is 8.42 Å². The summed E-state index contributed by atoms with van der Waals surface area (Å²) in [6.07, 6.45) is 10.3. The van der Waals surface area contributed by atoms with Crippen LogP contribution in [0.2, 0.25) is 0 Å². The molecule has 11 heteroatoms. The van der Waals surface area contributed by atoms with Crippen molar-refractivity contribution in [3.8, 4) is 11.3 Å². The number of hydrogen-bond donors (Lipinski definition) is 1. The van der Waals surface area contributed by atoms with E-state index in [9.17, 15) is 8.42 Å². The second-order valence-electron chi connectivity index (χ2n) is 7.12. The van der Waals surface area contributed by atoms with Crippen LogP contribution in [0.25, 0.3) is 11.3 Å². The van der Waals surface area contributed by atoms with E-state index in [1.165, 1.54) is 0 Å². The topological polar surface area (TPSA) is 111 Å². The average molecular weight is 417 g/mol. The van der Waals surface area contributed by atoms with Crippen molar-refractivity contribution in [3.05, 3.63) is 37.1 Å². The van der Waals surface area contributed by atoms with Gasteiger partial charge >= 0.3 is 0 Å². The van der Waals surface area contributed by atoms with Gasteiger partial charge in [-0.3, -0.25) is 9.36 Å². The van der Waals surface area contributed by atoms with Crippen LogP contribution < -0.4 is 5.32 Å². The molecule has 0 saturated carbocycles. The third-order valence-corrected chi connectivity index (χ3v) is 6.91. The molecule has 29 heavy (non-hydrogen) atoms. The van der Waals surface area contributed by atoms with Gasteiger partial charge in [0.1, 0.15) is 0 Å². The molecule has 0 amide bonds. The van der Waals surface area contributed by atoms with Gasteiger partial charge in [0.05, 0.1) is 35.6 Å². The first kappa shape index (κ1) is 19.5. The Morgan fingerprint density at radius 1 is 1.24 bits per heavy atom. The molecule has 0 radical (unpaired) electrons. The Kier molecular flexibility index (Phi) is 5.33. The Morgan fingerprint density at radius 3 is 2.86 bits per heavy atom. The number of nitrogens with zero attached hydrogens (tertiary/aromatic N) is 7. The van der Waals surface area contributed by atoms with Crippen LogP contribution >= 0.6 is 0 Å². The lowest BCUT2D eigenvalue weighted by Crippen LogP contribution is -2.31. The molecule has 154 valence electrons. The highest BCUT2D eigenvalue weighted by Gasteiger charge is 2.32. The molecular weight excluding hydrogens is 392 g/mol. The zero-order valence-electron chi connectivity index (χ0n) is 16.4. The minimum Gasteiger partial charge on any atom is -0.321 e. The largest absolute Gasteiger partial charge is 0.321 e. The molecule has 3 aromatic rings. The van der Waals surface area contributed by atoms with Crippen LogP contribution in [0.3, 0.4) is 0 Å². The van der Waals surface area contributed by atoms with Crippen LogP contribution in [0.4, 0.5) is 11.6 Å². The van der Waals surface area contributed by atoms with Crippen molar-refractivity contribution in [2.75, 3.05) is 24.2 Å². The number of hydrogen-bond acceptors (Lipinski definition) is 7. The van der Waals surface area contributed by atoms with Crippen molar-refractivity contribution in [3.63, 3.8) is 0 Å². The highest BCUT2D eigenvalue weighted by Crippen LogP contribution is 2.26. The predicted molar refractivity (Wildman–Crippen MR) is 109 cm³/mol. The molecule has 0 aromatic carbocycles. The van der Waals surface area contributed by atoms with Gasteiger partial charge in [-0.25, -0.2) is 18.4 Å². The maximum Gasteiger partial charge on any atom is 0.227 e. The molecule has 1 N–H and O–H groups in total. The SMILES string of the molecule is CCCS(=O)(=O)N1CCC(n2cc(-c3ccnc(Nc4cnn(C)c4)n3)cn2)C1. The Hall–Kier alpha value is -2.79. The molecule has 1 atom stereocenters. The maximum absolute atomic E-state index is 12.3. The molecule has 1 aliphatic rings. The smallest absolute Gasteiger partial charge is 0.227 e. The fourth-order valence-electron chi connectivity index (χ4n) is 3.43. The zero-order chi connectivity index (χ0) is 20.4. The summed E-state index contributed by atoms with van der Waals surface area (Å²) >= 11 is 0. The van der Waals surface area contributed by atoms with Crippen molar-refractivity contribution in [2.24, 2.45) is 7.05 Å². The molecule has 10 nitrogen and oxygen atoms in total. The molecule has 1 unspecified atom stereocenters. The van der Waals surface area contributed by atoms with Crippen LogP contribution in [0.15, 0.2) is 37.1 Å². The first-order chi connectivity index (χ1) is 13.9. The first-order valence-electron chi connectivity index (χ1n) is 9.55. The van der Waals surface area contributed by atoms with E-state index in [1.54, 1.807) is 27.6 Å². The molecule has 4 rings (SSSR count).